The van der Waals surface area contributed by atoms with Crippen LogP contribution in [0.15, 0.2) is 83.8 Å². The minimum Gasteiger partial charge on any atom is -0.348 e. The van der Waals surface area contributed by atoms with E-state index in [0.717, 1.165) is 39.6 Å². The Bertz CT molecular complexity index is 1410. The predicted octanol–water partition coefficient (Wildman–Crippen LogP) is 5.10. The lowest BCUT2D eigenvalue weighted by atomic mass is 10.1. The molecule has 1 aliphatic heterocycles. The first kappa shape index (κ1) is 23.9. The van der Waals surface area contributed by atoms with Crippen LogP contribution >= 0.6 is 11.8 Å². The SMILES string of the molecule is Cc1nn(-c2ccccc2)c(C)c1CNC(=O)c1ccccc1SCC(=O)N1CCc2ccccc21. The van der Waals surface area contributed by atoms with Gasteiger partial charge in [0.25, 0.3) is 5.91 Å². The van der Waals surface area contributed by atoms with Crippen molar-refractivity contribution in [3.63, 3.8) is 0 Å². The van der Waals surface area contributed by atoms with E-state index in [2.05, 4.69) is 16.5 Å². The van der Waals surface area contributed by atoms with Gasteiger partial charge in [-0.3, -0.25) is 9.59 Å². The van der Waals surface area contributed by atoms with Crippen molar-refractivity contribution in [2.24, 2.45) is 0 Å². The Kier molecular flexibility index (Phi) is 6.91. The number of amides is 2. The molecule has 0 unspecified atom stereocenters. The second-order valence-electron chi connectivity index (χ2n) is 8.79. The highest BCUT2D eigenvalue weighted by molar-refractivity contribution is 8.00. The summed E-state index contributed by atoms with van der Waals surface area (Å²) >= 11 is 1.41. The number of carbonyl (C=O) groups is 2. The number of nitrogens with zero attached hydrogens (tertiary/aromatic N) is 3. The minimum atomic E-state index is -0.164. The molecule has 5 rings (SSSR count). The third-order valence-electron chi connectivity index (χ3n) is 6.54. The fraction of sp³-hybridized carbons (Fsp3) is 0.207. The van der Waals surface area contributed by atoms with Gasteiger partial charge in [0.15, 0.2) is 0 Å². The second-order valence-corrected chi connectivity index (χ2v) is 9.81. The Hall–Kier alpha value is -3.84. The van der Waals surface area contributed by atoms with Crippen LogP contribution in [-0.4, -0.2) is 33.9 Å². The molecule has 1 N–H and O–H groups in total. The maximum absolute atomic E-state index is 13.2. The van der Waals surface area contributed by atoms with E-state index in [4.69, 9.17) is 0 Å². The summed E-state index contributed by atoms with van der Waals surface area (Å²) in [4.78, 5) is 28.8. The molecule has 6 nitrogen and oxygen atoms in total. The molecular formula is C29H28N4O2S. The molecule has 0 bridgehead atoms. The Morgan fingerprint density at radius 1 is 0.944 bits per heavy atom. The normalized spacial score (nSPS) is 12.4. The van der Waals surface area contributed by atoms with Crippen LogP contribution in [0.4, 0.5) is 5.69 Å². The Balaban J connectivity index is 1.25. The van der Waals surface area contributed by atoms with Crippen LogP contribution in [0.3, 0.4) is 0 Å². The molecule has 0 fully saturated rings. The van der Waals surface area contributed by atoms with E-state index in [-0.39, 0.29) is 17.6 Å². The van der Waals surface area contributed by atoms with Crippen molar-refractivity contribution in [2.45, 2.75) is 31.7 Å². The smallest absolute Gasteiger partial charge is 0.252 e. The highest BCUT2D eigenvalue weighted by Crippen LogP contribution is 2.30. The van der Waals surface area contributed by atoms with Gasteiger partial charge in [0.2, 0.25) is 5.91 Å². The van der Waals surface area contributed by atoms with Gasteiger partial charge in [-0.2, -0.15) is 5.10 Å². The number of hydrogen-bond donors (Lipinski definition) is 1. The van der Waals surface area contributed by atoms with Crippen LogP contribution in [-0.2, 0) is 17.8 Å². The van der Waals surface area contributed by atoms with E-state index in [1.54, 1.807) is 6.07 Å². The molecule has 1 aliphatic rings. The molecule has 2 heterocycles. The first-order valence-corrected chi connectivity index (χ1v) is 13.0. The number of aromatic nitrogens is 2. The molecule has 36 heavy (non-hydrogen) atoms. The Morgan fingerprint density at radius 3 is 2.50 bits per heavy atom. The first-order valence-electron chi connectivity index (χ1n) is 12.0. The summed E-state index contributed by atoms with van der Waals surface area (Å²) in [7, 11) is 0. The number of carbonyl (C=O) groups excluding carboxylic acids is 2. The number of hydrogen-bond acceptors (Lipinski definition) is 4. The predicted molar refractivity (Wildman–Crippen MR) is 144 cm³/mol. The summed E-state index contributed by atoms with van der Waals surface area (Å²) < 4.78 is 1.91. The molecule has 3 aromatic carbocycles. The van der Waals surface area contributed by atoms with Crippen molar-refractivity contribution in [3.8, 4) is 5.69 Å². The molecule has 7 heteroatoms. The summed E-state index contributed by atoms with van der Waals surface area (Å²) in [5.74, 6) is 0.170. The molecule has 0 spiro atoms. The fourth-order valence-corrected chi connectivity index (χ4v) is 5.54. The minimum absolute atomic E-state index is 0.0553. The number of benzene rings is 3. The van der Waals surface area contributed by atoms with Crippen LogP contribution in [0.1, 0.15) is 32.9 Å². The number of thioether (sulfide) groups is 1. The fourth-order valence-electron chi connectivity index (χ4n) is 4.61. The number of aryl methyl sites for hydroxylation is 1. The number of fused-ring (bicyclic) bond motifs is 1. The van der Waals surface area contributed by atoms with Crippen LogP contribution in [0.2, 0.25) is 0 Å². The van der Waals surface area contributed by atoms with Crippen molar-refractivity contribution in [1.29, 1.82) is 0 Å². The van der Waals surface area contributed by atoms with Crippen LogP contribution < -0.4 is 10.2 Å². The zero-order chi connectivity index (χ0) is 25.1. The van der Waals surface area contributed by atoms with E-state index in [1.165, 1.54) is 17.3 Å². The molecule has 0 atom stereocenters. The second kappa shape index (κ2) is 10.4. The van der Waals surface area contributed by atoms with E-state index in [1.807, 2.05) is 90.2 Å². The monoisotopic (exact) mass is 496 g/mol. The lowest BCUT2D eigenvalue weighted by Crippen LogP contribution is -2.30. The summed E-state index contributed by atoms with van der Waals surface area (Å²) in [5, 5.41) is 7.73. The number of anilines is 1. The van der Waals surface area contributed by atoms with Crippen molar-refractivity contribution >= 4 is 29.3 Å². The van der Waals surface area contributed by atoms with Crippen molar-refractivity contribution in [2.75, 3.05) is 17.2 Å². The van der Waals surface area contributed by atoms with Gasteiger partial charge in [-0.1, -0.05) is 48.5 Å². The third-order valence-corrected chi connectivity index (χ3v) is 7.60. The quantitative estimate of drug-likeness (QED) is 0.362. The molecule has 182 valence electrons. The topological polar surface area (TPSA) is 67.2 Å². The molecule has 1 aromatic heterocycles. The summed E-state index contributed by atoms with van der Waals surface area (Å²) in [5.41, 5.74) is 6.65. The molecule has 0 saturated heterocycles. The lowest BCUT2D eigenvalue weighted by molar-refractivity contribution is -0.116. The van der Waals surface area contributed by atoms with Gasteiger partial charge in [0.05, 0.1) is 22.7 Å². The van der Waals surface area contributed by atoms with Crippen LogP contribution in [0.5, 0.6) is 0 Å². The van der Waals surface area contributed by atoms with Crippen LogP contribution in [0, 0.1) is 13.8 Å². The first-order chi connectivity index (χ1) is 17.5. The summed E-state index contributed by atoms with van der Waals surface area (Å²) in [6.07, 6.45) is 0.880. The zero-order valence-corrected chi connectivity index (χ0v) is 21.2. The number of nitrogens with one attached hydrogen (secondary N) is 1. The van der Waals surface area contributed by atoms with Gasteiger partial charge in [-0.05, 0) is 56.2 Å². The van der Waals surface area contributed by atoms with Gasteiger partial charge in [-0.25, -0.2) is 4.68 Å². The number of rotatable bonds is 7. The standard InChI is InChI=1S/C29H28N4O2S/c1-20-25(21(2)33(31-20)23-11-4-3-5-12-23)18-30-29(35)24-13-7-9-15-27(24)36-19-28(34)32-17-16-22-10-6-8-14-26(22)32/h3-15H,16-19H2,1-2H3,(H,30,35). The molecule has 0 saturated carbocycles. The van der Waals surface area contributed by atoms with Crippen molar-refractivity contribution in [3.05, 3.63) is 107 Å². The maximum Gasteiger partial charge on any atom is 0.252 e. The third kappa shape index (κ3) is 4.79. The van der Waals surface area contributed by atoms with E-state index in [9.17, 15) is 9.59 Å². The van der Waals surface area contributed by atoms with Gasteiger partial charge in [0.1, 0.15) is 0 Å². The van der Waals surface area contributed by atoms with Gasteiger partial charge >= 0.3 is 0 Å². The average molecular weight is 497 g/mol. The van der Waals surface area contributed by atoms with Crippen molar-refractivity contribution in [1.82, 2.24) is 15.1 Å². The highest BCUT2D eigenvalue weighted by atomic mass is 32.2. The van der Waals surface area contributed by atoms with Crippen LogP contribution in [0.25, 0.3) is 5.69 Å². The number of para-hydroxylation sites is 2. The molecule has 0 aliphatic carbocycles. The Morgan fingerprint density at radius 2 is 1.67 bits per heavy atom. The summed E-state index contributed by atoms with van der Waals surface area (Å²) in [6, 6.07) is 25.4. The molecular weight excluding hydrogens is 468 g/mol. The van der Waals surface area contributed by atoms with Gasteiger partial charge in [-0.15, -0.1) is 11.8 Å². The highest BCUT2D eigenvalue weighted by Gasteiger charge is 2.24. The van der Waals surface area contributed by atoms with Gasteiger partial charge < -0.3 is 10.2 Å². The van der Waals surface area contributed by atoms with E-state index in [0.29, 0.717) is 18.7 Å². The summed E-state index contributed by atoms with van der Waals surface area (Å²) in [6.45, 7) is 5.06. The van der Waals surface area contributed by atoms with Crippen molar-refractivity contribution < 1.29 is 9.59 Å². The van der Waals surface area contributed by atoms with Gasteiger partial charge in [0, 0.05) is 34.9 Å². The van der Waals surface area contributed by atoms with E-state index >= 15 is 0 Å². The molecule has 2 amide bonds. The van der Waals surface area contributed by atoms with E-state index < -0.39 is 0 Å². The largest absolute Gasteiger partial charge is 0.348 e. The molecule has 4 aromatic rings. The lowest BCUT2D eigenvalue weighted by Gasteiger charge is -2.17. The zero-order valence-electron chi connectivity index (χ0n) is 20.4. The Labute approximate surface area is 215 Å². The molecule has 0 radical (unpaired) electrons. The maximum atomic E-state index is 13.2. The average Bonchev–Trinajstić information content (AvgIpc) is 3.47.